The number of likely N-dealkylation sites (N-methyl/N-ethyl adjacent to an activating group) is 1. The van der Waals surface area contributed by atoms with E-state index in [-0.39, 0.29) is 37.3 Å². The predicted octanol–water partition coefficient (Wildman–Crippen LogP) is 7.51. The molecule has 13 heteroatoms. The highest BCUT2D eigenvalue weighted by atomic mass is 16.7. The van der Waals surface area contributed by atoms with Crippen molar-refractivity contribution in [2.24, 2.45) is 23.7 Å². The van der Waals surface area contributed by atoms with Gasteiger partial charge in [-0.15, -0.1) is 0 Å². The Morgan fingerprint density at radius 2 is 1.67 bits per heavy atom. The zero-order valence-corrected chi connectivity index (χ0v) is 38.8. The SMILES string of the molecule is CC[C@H]1OC(=O)[C@H](C)C(=O)[C@H](C)[C@@H](O[C@@H]2O[C@H](C)C[C@H](N(C)C)[C@H]2O)[C@](C)(OC)C[C@@H](C)C(=O)[C@H](C)[C@H]2N(CC/C=C/c3cncc4ccc(-c5ccccc5)cc34)C(=O)O[C@]12C. The number of ketones is 2. The lowest BCUT2D eigenvalue weighted by Gasteiger charge is -2.47. The third-order valence-corrected chi connectivity index (χ3v) is 13.9. The highest BCUT2D eigenvalue weighted by molar-refractivity contribution is 6.00. The second-order valence-corrected chi connectivity index (χ2v) is 18.6. The quantitative estimate of drug-likeness (QED) is 0.159. The van der Waals surface area contributed by atoms with Crippen molar-refractivity contribution in [2.45, 2.75) is 135 Å². The molecule has 13 nitrogen and oxygen atoms in total. The first-order valence-electron chi connectivity index (χ1n) is 22.4. The Hall–Kier alpha value is -4.53. The van der Waals surface area contributed by atoms with Crippen molar-refractivity contribution in [1.29, 1.82) is 0 Å². The lowest BCUT2D eigenvalue weighted by atomic mass is 9.73. The molecule has 0 saturated carbocycles. The summed E-state index contributed by atoms with van der Waals surface area (Å²) in [7, 11) is 5.24. The summed E-state index contributed by atoms with van der Waals surface area (Å²) in [4.78, 5) is 65.3. The van der Waals surface area contributed by atoms with Crippen LogP contribution in [0.1, 0.15) is 86.6 Å². The number of esters is 1. The molecule has 1 N–H and O–H groups in total. The Labute approximate surface area is 372 Å². The van der Waals surface area contributed by atoms with Gasteiger partial charge in [-0.2, -0.15) is 0 Å². The number of aliphatic hydroxyl groups excluding tert-OH is 1. The van der Waals surface area contributed by atoms with E-state index in [0.717, 1.165) is 27.5 Å². The second kappa shape index (κ2) is 19.7. The van der Waals surface area contributed by atoms with Gasteiger partial charge in [0.05, 0.1) is 23.9 Å². The van der Waals surface area contributed by atoms with Crippen LogP contribution in [0.3, 0.4) is 0 Å². The molecule has 4 heterocycles. The van der Waals surface area contributed by atoms with Crippen molar-refractivity contribution in [3.63, 3.8) is 0 Å². The van der Waals surface area contributed by atoms with Gasteiger partial charge in [-0.05, 0) is 90.1 Å². The summed E-state index contributed by atoms with van der Waals surface area (Å²) in [6, 6.07) is 15.3. The molecule has 6 rings (SSSR count). The number of carbonyl (C=O) groups excluding carboxylic acids is 4. The first kappa shape index (κ1) is 47.9. The Balaban J connectivity index is 1.31. The van der Waals surface area contributed by atoms with Gasteiger partial charge in [0, 0.05) is 60.8 Å². The molecule has 13 atom stereocenters. The molecule has 1 aromatic heterocycles. The summed E-state index contributed by atoms with van der Waals surface area (Å²) in [6.45, 7) is 14.2. The number of fused-ring (bicyclic) bond motifs is 2. The van der Waals surface area contributed by atoms with E-state index in [9.17, 15) is 24.3 Å². The third kappa shape index (κ3) is 9.78. The molecule has 0 aliphatic carbocycles. The molecular weight excluding hydrogens is 803 g/mol. The first-order valence-corrected chi connectivity index (χ1v) is 22.4. The Bertz CT molecular complexity index is 2150. The Kier molecular flexibility index (Phi) is 15.0. The van der Waals surface area contributed by atoms with Crippen molar-refractivity contribution in [1.82, 2.24) is 14.8 Å². The average molecular weight is 870 g/mol. The van der Waals surface area contributed by atoms with Crippen LogP contribution in [-0.2, 0) is 38.1 Å². The van der Waals surface area contributed by atoms with Crippen LogP contribution in [0.25, 0.3) is 28.0 Å². The van der Waals surface area contributed by atoms with Crippen LogP contribution in [0.15, 0.2) is 67.0 Å². The molecular formula is C50H67N3O10. The zero-order valence-electron chi connectivity index (χ0n) is 38.8. The minimum absolute atomic E-state index is 0.118. The topological polar surface area (TPSA) is 154 Å². The minimum atomic E-state index is -1.43. The van der Waals surface area contributed by atoms with E-state index in [4.69, 9.17) is 23.7 Å². The van der Waals surface area contributed by atoms with Gasteiger partial charge in [0.1, 0.15) is 23.9 Å². The molecule has 0 radical (unpaired) electrons. The lowest BCUT2D eigenvalue weighted by Crippen LogP contribution is -2.60. The van der Waals surface area contributed by atoms with Gasteiger partial charge in [0.25, 0.3) is 0 Å². The van der Waals surface area contributed by atoms with Crippen LogP contribution < -0.4 is 0 Å². The maximum absolute atomic E-state index is 14.8. The van der Waals surface area contributed by atoms with Crippen molar-refractivity contribution in [3.05, 3.63) is 72.6 Å². The van der Waals surface area contributed by atoms with Crippen molar-refractivity contribution >= 4 is 40.5 Å². The number of carbonyl (C=O) groups is 4. The number of pyridine rings is 1. The lowest BCUT2D eigenvalue weighted by molar-refractivity contribution is -0.295. The standard InChI is InChI=1S/C50H67N3O10/c1-12-40-50(8)44(53(48(58)63-50)23-17-16-20-36-27-51-28-37-22-21-35(25-38(36)37)34-18-14-13-15-19-34)31(4)41(54)29(2)26-49(7,59-11)45(32(5)42(55)33(6)46(57)61-40)62-47-43(56)39(52(9)10)24-30(3)60-47/h13-16,18-22,25,27-33,39-40,43-45,47,56H,12,17,23-24,26H2,1-11H3/b20-16+/t29-,30-,31+,32+,33-,39+,40-,43-,44-,45-,47+,49-,50-/m1/s1. The molecule has 0 spiro atoms. The third-order valence-electron chi connectivity index (χ3n) is 13.9. The van der Waals surface area contributed by atoms with Gasteiger partial charge in [-0.3, -0.25) is 19.4 Å². The van der Waals surface area contributed by atoms with E-state index in [2.05, 4.69) is 35.3 Å². The van der Waals surface area contributed by atoms with Gasteiger partial charge in [-0.25, -0.2) is 4.79 Å². The van der Waals surface area contributed by atoms with E-state index >= 15 is 0 Å². The fourth-order valence-electron chi connectivity index (χ4n) is 10.3. The maximum Gasteiger partial charge on any atom is 0.410 e. The van der Waals surface area contributed by atoms with Crippen molar-refractivity contribution in [2.75, 3.05) is 27.7 Å². The molecule has 1 amide bonds. The molecule has 63 heavy (non-hydrogen) atoms. The number of nitrogens with zero attached hydrogens (tertiary/aromatic N) is 3. The number of hydrogen-bond acceptors (Lipinski definition) is 12. The Morgan fingerprint density at radius 3 is 2.33 bits per heavy atom. The summed E-state index contributed by atoms with van der Waals surface area (Å²) in [6.07, 6.45) is 3.88. The van der Waals surface area contributed by atoms with Crippen LogP contribution in [0.2, 0.25) is 0 Å². The van der Waals surface area contributed by atoms with E-state index < -0.39 is 83.4 Å². The number of rotatable bonds is 10. The number of Topliss-reactive ketones (excluding diaryl/α,β-unsaturated/α-hetero) is 2. The number of aromatic nitrogens is 1. The van der Waals surface area contributed by atoms with Gasteiger partial charge >= 0.3 is 12.1 Å². The Morgan fingerprint density at radius 1 is 0.952 bits per heavy atom. The van der Waals surface area contributed by atoms with E-state index in [0.29, 0.717) is 12.8 Å². The molecule has 0 unspecified atom stereocenters. The molecule has 3 fully saturated rings. The number of ether oxygens (including phenoxy) is 5. The van der Waals surface area contributed by atoms with Gasteiger partial charge in [-0.1, -0.05) is 82.3 Å². The smallest absolute Gasteiger partial charge is 0.410 e. The molecule has 3 aliphatic rings. The van der Waals surface area contributed by atoms with E-state index in [1.807, 2.05) is 82.5 Å². The normalized spacial score (nSPS) is 34.9. The second-order valence-electron chi connectivity index (χ2n) is 18.6. The number of amides is 1. The van der Waals surface area contributed by atoms with Crippen LogP contribution >= 0.6 is 0 Å². The molecule has 342 valence electrons. The average Bonchev–Trinajstić information content (AvgIpc) is 3.53. The van der Waals surface area contributed by atoms with E-state index in [1.165, 1.54) is 14.0 Å². The van der Waals surface area contributed by atoms with Gasteiger partial charge < -0.3 is 38.6 Å². The first-order chi connectivity index (χ1) is 29.8. The largest absolute Gasteiger partial charge is 0.458 e. The van der Waals surface area contributed by atoms with Crippen molar-refractivity contribution in [3.8, 4) is 11.1 Å². The molecule has 2 aromatic carbocycles. The zero-order chi connectivity index (χ0) is 46.0. The summed E-state index contributed by atoms with van der Waals surface area (Å²) in [5, 5.41) is 13.5. The van der Waals surface area contributed by atoms with Crippen LogP contribution in [0.5, 0.6) is 0 Å². The summed E-state index contributed by atoms with van der Waals surface area (Å²) >= 11 is 0. The van der Waals surface area contributed by atoms with Crippen LogP contribution in [-0.4, -0.2) is 125 Å². The number of benzene rings is 2. The van der Waals surface area contributed by atoms with Crippen LogP contribution in [0.4, 0.5) is 4.79 Å². The van der Waals surface area contributed by atoms with Gasteiger partial charge in [0.2, 0.25) is 0 Å². The molecule has 3 aliphatic heterocycles. The van der Waals surface area contributed by atoms with Crippen LogP contribution in [0, 0.1) is 23.7 Å². The fourth-order valence-corrected chi connectivity index (χ4v) is 10.3. The number of aliphatic hydroxyl groups is 1. The fraction of sp³-hybridized carbons (Fsp3) is 0.580. The van der Waals surface area contributed by atoms with Gasteiger partial charge in [0.15, 0.2) is 17.7 Å². The molecule has 0 bridgehead atoms. The molecule has 3 aromatic rings. The highest BCUT2D eigenvalue weighted by Gasteiger charge is 2.60. The number of methoxy groups -OCH3 is 1. The minimum Gasteiger partial charge on any atom is -0.458 e. The summed E-state index contributed by atoms with van der Waals surface area (Å²) in [5.41, 5.74) is 0.399. The monoisotopic (exact) mass is 869 g/mol. The van der Waals surface area contributed by atoms with Crippen molar-refractivity contribution < 1.29 is 48.0 Å². The number of cyclic esters (lactones) is 1. The van der Waals surface area contributed by atoms with E-state index in [1.54, 1.807) is 32.6 Å². The number of hydrogen-bond donors (Lipinski definition) is 1. The maximum atomic E-state index is 14.8. The summed E-state index contributed by atoms with van der Waals surface area (Å²) < 4.78 is 31.4. The summed E-state index contributed by atoms with van der Waals surface area (Å²) in [5.74, 6) is -5.05. The highest BCUT2D eigenvalue weighted by Crippen LogP contribution is 2.43. The molecule has 3 saturated heterocycles. The predicted molar refractivity (Wildman–Crippen MR) is 240 cm³/mol.